The first kappa shape index (κ1) is 20.5. The maximum absolute atomic E-state index is 13.2. The van der Waals surface area contributed by atoms with E-state index in [-0.39, 0.29) is 6.42 Å². The van der Waals surface area contributed by atoms with Crippen molar-refractivity contribution in [3.05, 3.63) is 12.2 Å². The van der Waals surface area contributed by atoms with Crippen LogP contribution in [0.5, 0.6) is 0 Å². The summed E-state index contributed by atoms with van der Waals surface area (Å²) in [6, 6.07) is 0. The summed E-state index contributed by atoms with van der Waals surface area (Å²) in [5.74, 6) is 1.06. The lowest BCUT2D eigenvalue weighted by atomic mass is 10.1. The van der Waals surface area contributed by atoms with Gasteiger partial charge < -0.3 is 5.11 Å². The number of unbranched alkanes of at least 4 members (excludes halogenated alkanes) is 4. The lowest BCUT2D eigenvalue weighted by Crippen LogP contribution is -1.98. The van der Waals surface area contributed by atoms with E-state index in [1.807, 2.05) is 6.92 Å². The zero-order valence-corrected chi connectivity index (χ0v) is 14.2. The van der Waals surface area contributed by atoms with Gasteiger partial charge in [0.25, 0.3) is 0 Å². The van der Waals surface area contributed by atoms with Crippen molar-refractivity contribution in [3.8, 4) is 0 Å². The largest absolute Gasteiger partial charge is 0.481 e. The van der Waals surface area contributed by atoms with Gasteiger partial charge in [-0.05, 0) is 50.7 Å². The van der Waals surface area contributed by atoms with Crippen LogP contribution >= 0.6 is 11.8 Å². The molecule has 0 aromatic heterocycles. The third-order valence-electron chi connectivity index (χ3n) is 3.28. The maximum Gasteiger partial charge on any atom is 0.304 e. The van der Waals surface area contributed by atoms with E-state index in [1.165, 1.54) is 6.42 Å². The number of allylic oxidation sites excluding steroid dienone is 2. The molecule has 0 aliphatic rings. The summed E-state index contributed by atoms with van der Waals surface area (Å²) in [7, 11) is 0. The molecule has 1 N–H and O–H groups in total. The number of hydrogen-bond donors (Lipinski definition) is 1. The highest BCUT2D eigenvalue weighted by Crippen LogP contribution is 2.12. The minimum absolute atomic E-state index is 0.266. The number of rotatable bonds is 15. The van der Waals surface area contributed by atoms with Crippen molar-refractivity contribution < 1.29 is 14.3 Å². The molecule has 0 saturated carbocycles. The second-order valence-corrected chi connectivity index (χ2v) is 6.62. The van der Waals surface area contributed by atoms with Gasteiger partial charge in [-0.2, -0.15) is 11.8 Å². The van der Waals surface area contributed by atoms with Gasteiger partial charge in [-0.1, -0.05) is 31.9 Å². The Hall–Kier alpha value is -0.510. The average Bonchev–Trinajstić information content (AvgIpc) is 2.44. The zero-order chi connectivity index (χ0) is 15.8. The Bertz CT molecular complexity index is 270. The summed E-state index contributed by atoms with van der Waals surface area (Å²) in [5, 5.41) is 8.49. The predicted octanol–water partition coefficient (Wildman–Crippen LogP) is 5.62. The van der Waals surface area contributed by atoms with Crippen LogP contribution in [0, 0.1) is 0 Å². The first-order valence-corrected chi connectivity index (χ1v) is 9.40. The molecule has 0 radical (unpaired) electrons. The molecule has 0 spiro atoms. The van der Waals surface area contributed by atoms with Crippen LogP contribution in [0.3, 0.4) is 0 Å². The van der Waals surface area contributed by atoms with Gasteiger partial charge >= 0.3 is 5.97 Å². The minimum atomic E-state index is -0.709. The van der Waals surface area contributed by atoms with Crippen LogP contribution in [0.25, 0.3) is 0 Å². The Balaban J connectivity index is 3.17. The number of thioether (sulfide) groups is 1. The van der Waals surface area contributed by atoms with Crippen LogP contribution in [0.2, 0.25) is 0 Å². The molecule has 0 fully saturated rings. The fraction of sp³-hybridized carbons (Fsp3) is 0.824. The molecule has 0 aliphatic carbocycles. The molecule has 0 amide bonds. The molecule has 2 nitrogen and oxygen atoms in total. The molecule has 1 atom stereocenters. The smallest absolute Gasteiger partial charge is 0.304 e. The Morgan fingerprint density at radius 3 is 2.38 bits per heavy atom. The first-order valence-electron chi connectivity index (χ1n) is 8.25. The highest BCUT2D eigenvalue weighted by atomic mass is 32.2. The van der Waals surface area contributed by atoms with E-state index in [9.17, 15) is 9.18 Å². The van der Waals surface area contributed by atoms with Crippen LogP contribution in [0.1, 0.15) is 71.1 Å². The highest BCUT2D eigenvalue weighted by Gasteiger charge is 2.03. The molecule has 1 unspecified atom stereocenters. The fourth-order valence-corrected chi connectivity index (χ4v) is 2.98. The lowest BCUT2D eigenvalue weighted by Gasteiger charge is -2.04. The normalized spacial score (nSPS) is 12.9. The third kappa shape index (κ3) is 17.4. The number of alkyl halides is 1. The van der Waals surface area contributed by atoms with Crippen LogP contribution < -0.4 is 0 Å². The van der Waals surface area contributed by atoms with E-state index in [2.05, 4.69) is 12.2 Å². The molecule has 0 bridgehead atoms. The number of carbonyl (C=O) groups is 1. The van der Waals surface area contributed by atoms with Crippen LogP contribution in [-0.4, -0.2) is 28.8 Å². The number of halogens is 1. The number of carboxylic acid groups (broad SMARTS) is 1. The van der Waals surface area contributed by atoms with E-state index < -0.39 is 12.1 Å². The van der Waals surface area contributed by atoms with Gasteiger partial charge in [0, 0.05) is 5.75 Å². The molecule has 0 heterocycles. The van der Waals surface area contributed by atoms with Crippen LogP contribution in [0.15, 0.2) is 12.2 Å². The van der Waals surface area contributed by atoms with Crippen molar-refractivity contribution in [1.82, 2.24) is 0 Å². The van der Waals surface area contributed by atoms with Crippen LogP contribution in [-0.2, 0) is 4.79 Å². The average molecular weight is 318 g/mol. The summed E-state index contributed by atoms with van der Waals surface area (Å²) in [5.41, 5.74) is 0. The van der Waals surface area contributed by atoms with Crippen molar-refractivity contribution >= 4 is 17.7 Å². The SMILES string of the molecule is CCCC(F)CCCC/C=C\CCCCSCCC(=O)O. The van der Waals surface area contributed by atoms with E-state index in [4.69, 9.17) is 5.11 Å². The standard InChI is InChI=1S/C17H31FO2S/c1-2-11-16(18)12-9-7-5-3-4-6-8-10-14-21-15-13-17(19)20/h3-4,16H,2,5-15H2,1H3,(H,19,20)/b4-3-. The molecule has 21 heavy (non-hydrogen) atoms. The molecule has 0 rings (SSSR count). The Morgan fingerprint density at radius 1 is 1.10 bits per heavy atom. The van der Waals surface area contributed by atoms with Gasteiger partial charge in [0.05, 0.1) is 6.42 Å². The quantitative estimate of drug-likeness (QED) is 0.314. The van der Waals surface area contributed by atoms with Gasteiger partial charge in [-0.15, -0.1) is 0 Å². The van der Waals surface area contributed by atoms with Crippen LogP contribution in [0.4, 0.5) is 4.39 Å². The summed E-state index contributed by atoms with van der Waals surface area (Å²) in [4.78, 5) is 10.3. The van der Waals surface area contributed by atoms with Crippen molar-refractivity contribution in [3.63, 3.8) is 0 Å². The van der Waals surface area contributed by atoms with Gasteiger partial charge in [0.2, 0.25) is 0 Å². The highest BCUT2D eigenvalue weighted by molar-refractivity contribution is 7.99. The number of carboxylic acids is 1. The van der Waals surface area contributed by atoms with Gasteiger partial charge in [-0.3, -0.25) is 4.79 Å². The molecule has 4 heteroatoms. The van der Waals surface area contributed by atoms with Gasteiger partial charge in [0.1, 0.15) is 6.17 Å². The zero-order valence-electron chi connectivity index (χ0n) is 13.4. The third-order valence-corrected chi connectivity index (χ3v) is 4.35. The Kier molecular flexibility index (Phi) is 15.5. The summed E-state index contributed by atoms with van der Waals surface area (Å²) < 4.78 is 13.2. The van der Waals surface area contributed by atoms with E-state index >= 15 is 0 Å². The molecular weight excluding hydrogens is 287 g/mol. The molecule has 0 aromatic rings. The second kappa shape index (κ2) is 15.9. The van der Waals surface area contributed by atoms with Gasteiger partial charge in [-0.25, -0.2) is 4.39 Å². The van der Waals surface area contributed by atoms with E-state index in [1.54, 1.807) is 11.8 Å². The summed E-state index contributed by atoms with van der Waals surface area (Å²) >= 11 is 1.72. The minimum Gasteiger partial charge on any atom is -0.481 e. The summed E-state index contributed by atoms with van der Waals surface area (Å²) in [6.07, 6.45) is 13.0. The van der Waals surface area contributed by atoms with Crippen molar-refractivity contribution in [2.75, 3.05) is 11.5 Å². The number of hydrogen-bond acceptors (Lipinski definition) is 2. The number of aliphatic carboxylic acids is 1. The van der Waals surface area contributed by atoms with Crippen molar-refractivity contribution in [2.24, 2.45) is 0 Å². The lowest BCUT2D eigenvalue weighted by molar-refractivity contribution is -0.136. The predicted molar refractivity (Wildman–Crippen MR) is 90.8 cm³/mol. The van der Waals surface area contributed by atoms with E-state index in [0.29, 0.717) is 6.42 Å². The maximum atomic E-state index is 13.2. The Labute approximate surface area is 133 Å². The topological polar surface area (TPSA) is 37.3 Å². The molecule has 124 valence electrons. The molecule has 0 aliphatic heterocycles. The molecule has 0 aromatic carbocycles. The van der Waals surface area contributed by atoms with E-state index in [0.717, 1.165) is 56.5 Å². The first-order chi connectivity index (χ1) is 10.2. The molecular formula is C17H31FO2S. The monoisotopic (exact) mass is 318 g/mol. The van der Waals surface area contributed by atoms with Crippen molar-refractivity contribution in [1.29, 1.82) is 0 Å². The molecule has 0 saturated heterocycles. The van der Waals surface area contributed by atoms with Gasteiger partial charge in [0.15, 0.2) is 0 Å². The second-order valence-electron chi connectivity index (χ2n) is 5.39. The van der Waals surface area contributed by atoms with Crippen molar-refractivity contribution in [2.45, 2.75) is 77.3 Å². The Morgan fingerprint density at radius 2 is 1.76 bits per heavy atom. The fourth-order valence-electron chi connectivity index (χ4n) is 2.05. The summed E-state index contributed by atoms with van der Waals surface area (Å²) in [6.45, 7) is 2.03.